The molecule has 0 saturated heterocycles. The fourth-order valence-corrected chi connectivity index (χ4v) is 4.20. The number of nitrogens with zero attached hydrogens (tertiary/aromatic N) is 1. The summed E-state index contributed by atoms with van der Waals surface area (Å²) < 4.78 is 1.17. The van der Waals surface area contributed by atoms with Gasteiger partial charge >= 0.3 is 0 Å². The number of anilines is 1. The van der Waals surface area contributed by atoms with Crippen LogP contribution >= 0.6 is 35.2 Å². The van der Waals surface area contributed by atoms with Gasteiger partial charge in [-0.2, -0.15) is 0 Å². The lowest BCUT2D eigenvalue weighted by Gasteiger charge is -2.10. The van der Waals surface area contributed by atoms with Gasteiger partial charge in [0.25, 0.3) is 5.91 Å². The lowest BCUT2D eigenvalue weighted by Crippen LogP contribution is -2.34. The molecule has 0 saturated carbocycles. The molecule has 1 heterocycles. The van der Waals surface area contributed by atoms with Crippen LogP contribution in [0.1, 0.15) is 15.9 Å². The summed E-state index contributed by atoms with van der Waals surface area (Å²) in [5.41, 5.74) is 4.53. The number of carbonyl (C=O) groups excluding carboxylic acids is 1. The fraction of sp³-hybridized carbons (Fsp3) is 0.0455. The van der Waals surface area contributed by atoms with Crippen LogP contribution < -0.4 is 10.6 Å². The number of fused-ring (bicyclic) bond motifs is 1. The first-order valence-electron chi connectivity index (χ1n) is 8.83. The highest BCUT2D eigenvalue weighted by Gasteiger charge is 2.09. The minimum atomic E-state index is -0.291. The van der Waals surface area contributed by atoms with Gasteiger partial charge in [0.2, 0.25) is 0 Å². The summed E-state index contributed by atoms with van der Waals surface area (Å²) in [6, 6.07) is 20.7. The second kappa shape index (κ2) is 8.29. The van der Waals surface area contributed by atoms with Crippen molar-refractivity contribution in [3.05, 3.63) is 82.9 Å². The molecule has 0 fully saturated rings. The van der Waals surface area contributed by atoms with E-state index in [4.69, 9.17) is 28.8 Å². The number of halogens is 1. The molecule has 0 aliphatic carbocycles. The molecule has 1 aromatic heterocycles. The predicted molar refractivity (Wildman–Crippen MR) is 125 cm³/mol. The van der Waals surface area contributed by atoms with Gasteiger partial charge in [0.15, 0.2) is 5.11 Å². The first-order chi connectivity index (χ1) is 14.0. The van der Waals surface area contributed by atoms with E-state index in [2.05, 4.69) is 29.7 Å². The minimum absolute atomic E-state index is 0.230. The summed E-state index contributed by atoms with van der Waals surface area (Å²) in [7, 11) is 0. The summed E-state index contributed by atoms with van der Waals surface area (Å²) in [4.78, 5) is 16.9. The third-order valence-electron chi connectivity index (χ3n) is 4.27. The Bertz CT molecular complexity index is 1200. The van der Waals surface area contributed by atoms with Gasteiger partial charge in [0.1, 0.15) is 5.01 Å². The van der Waals surface area contributed by atoms with Crippen molar-refractivity contribution in [3.8, 4) is 10.6 Å². The van der Waals surface area contributed by atoms with Crippen molar-refractivity contribution in [1.29, 1.82) is 0 Å². The van der Waals surface area contributed by atoms with Crippen molar-refractivity contribution >= 4 is 62.1 Å². The Hall–Kier alpha value is -2.80. The minimum Gasteiger partial charge on any atom is -0.332 e. The Balaban J connectivity index is 1.42. The summed E-state index contributed by atoms with van der Waals surface area (Å²) in [6.45, 7) is 2.08. The molecule has 0 aliphatic heterocycles. The van der Waals surface area contributed by atoms with Crippen LogP contribution in [-0.2, 0) is 0 Å². The zero-order valence-electron chi connectivity index (χ0n) is 15.4. The van der Waals surface area contributed by atoms with Gasteiger partial charge in [-0.05, 0) is 85.4 Å². The lowest BCUT2D eigenvalue weighted by molar-refractivity contribution is 0.0978. The number of carbonyl (C=O) groups is 1. The van der Waals surface area contributed by atoms with Gasteiger partial charge in [-0.15, -0.1) is 11.3 Å². The fourth-order valence-electron chi connectivity index (χ4n) is 2.79. The van der Waals surface area contributed by atoms with Gasteiger partial charge in [-0.25, -0.2) is 4.98 Å². The van der Waals surface area contributed by atoms with Crippen LogP contribution in [0, 0.1) is 6.92 Å². The van der Waals surface area contributed by atoms with Crippen LogP contribution in [0.15, 0.2) is 66.7 Å². The molecule has 0 aliphatic rings. The molecule has 3 aromatic carbocycles. The van der Waals surface area contributed by atoms with E-state index in [0.717, 1.165) is 21.8 Å². The molecule has 0 unspecified atom stereocenters. The molecule has 7 heteroatoms. The first-order valence-corrected chi connectivity index (χ1v) is 10.4. The van der Waals surface area contributed by atoms with E-state index in [0.29, 0.717) is 10.6 Å². The van der Waals surface area contributed by atoms with Crippen LogP contribution in [0.5, 0.6) is 0 Å². The first kappa shape index (κ1) is 19.5. The molecule has 29 heavy (non-hydrogen) atoms. The molecule has 144 valence electrons. The number of rotatable bonds is 3. The number of hydrogen-bond acceptors (Lipinski definition) is 4. The average Bonchev–Trinajstić information content (AvgIpc) is 3.12. The number of benzene rings is 3. The molecule has 4 nitrogen and oxygen atoms in total. The van der Waals surface area contributed by atoms with Crippen molar-refractivity contribution in [2.24, 2.45) is 0 Å². The van der Waals surface area contributed by atoms with Gasteiger partial charge < -0.3 is 5.32 Å². The lowest BCUT2D eigenvalue weighted by atomic mass is 10.2. The van der Waals surface area contributed by atoms with Crippen LogP contribution in [0.25, 0.3) is 20.8 Å². The maximum atomic E-state index is 12.2. The highest BCUT2D eigenvalue weighted by molar-refractivity contribution is 7.80. The second-order valence-corrected chi connectivity index (χ2v) is 8.36. The molecule has 4 rings (SSSR count). The maximum Gasteiger partial charge on any atom is 0.257 e. The van der Waals surface area contributed by atoms with Crippen LogP contribution in [0.4, 0.5) is 5.69 Å². The normalized spacial score (nSPS) is 10.7. The molecular formula is C22H16ClN3OS2. The van der Waals surface area contributed by atoms with Crippen LogP contribution in [0.3, 0.4) is 0 Å². The number of thiocarbonyl (C=S) groups is 1. The highest BCUT2D eigenvalue weighted by Crippen LogP contribution is 2.31. The summed E-state index contributed by atoms with van der Waals surface area (Å²) in [5, 5.41) is 7.46. The van der Waals surface area contributed by atoms with E-state index in [1.807, 2.05) is 30.3 Å². The van der Waals surface area contributed by atoms with Crippen molar-refractivity contribution in [2.45, 2.75) is 6.92 Å². The van der Waals surface area contributed by atoms with Gasteiger partial charge in [-0.3, -0.25) is 10.1 Å². The third kappa shape index (κ3) is 4.62. The number of thiazole rings is 1. The molecule has 0 spiro atoms. The van der Waals surface area contributed by atoms with Crippen molar-refractivity contribution in [2.75, 3.05) is 5.32 Å². The Morgan fingerprint density at radius 1 is 1.03 bits per heavy atom. The molecule has 1 amide bonds. The molecule has 2 N–H and O–H groups in total. The summed E-state index contributed by atoms with van der Waals surface area (Å²) in [5.74, 6) is -0.291. The second-order valence-electron chi connectivity index (χ2n) is 6.48. The van der Waals surface area contributed by atoms with Gasteiger partial charge in [0.05, 0.1) is 10.2 Å². The van der Waals surface area contributed by atoms with E-state index >= 15 is 0 Å². The molecule has 4 aromatic rings. The zero-order chi connectivity index (χ0) is 20.4. The quantitative estimate of drug-likeness (QED) is 0.383. The number of hydrogen-bond donors (Lipinski definition) is 2. The smallest absolute Gasteiger partial charge is 0.257 e. The van der Waals surface area contributed by atoms with Gasteiger partial charge in [-0.1, -0.05) is 17.7 Å². The topological polar surface area (TPSA) is 54.0 Å². The Morgan fingerprint density at radius 2 is 1.76 bits per heavy atom. The predicted octanol–water partition coefficient (Wildman–Crippen LogP) is 6.05. The van der Waals surface area contributed by atoms with Crippen molar-refractivity contribution < 1.29 is 4.79 Å². The molecule has 0 atom stereocenters. The SMILES string of the molecule is Cc1ccc2nc(-c3ccc(NC(=S)NC(=O)c4ccc(Cl)cc4)cc3)sc2c1. The third-order valence-corrected chi connectivity index (χ3v) is 5.79. The molecule has 0 bridgehead atoms. The monoisotopic (exact) mass is 437 g/mol. The van der Waals surface area contributed by atoms with Gasteiger partial charge in [0, 0.05) is 21.8 Å². The number of nitrogens with one attached hydrogen (secondary N) is 2. The van der Waals surface area contributed by atoms with E-state index in [9.17, 15) is 4.79 Å². The highest BCUT2D eigenvalue weighted by atomic mass is 35.5. The zero-order valence-corrected chi connectivity index (χ0v) is 17.8. The van der Waals surface area contributed by atoms with E-state index in [1.165, 1.54) is 10.3 Å². The van der Waals surface area contributed by atoms with Crippen molar-refractivity contribution in [1.82, 2.24) is 10.3 Å². The average molecular weight is 438 g/mol. The van der Waals surface area contributed by atoms with Crippen molar-refractivity contribution in [3.63, 3.8) is 0 Å². The number of aryl methyl sites for hydroxylation is 1. The van der Waals surface area contributed by atoms with E-state index in [1.54, 1.807) is 35.6 Å². The number of amides is 1. The Labute approximate surface area is 182 Å². The molecule has 0 radical (unpaired) electrons. The number of aromatic nitrogens is 1. The van der Waals surface area contributed by atoms with E-state index in [-0.39, 0.29) is 11.0 Å². The largest absolute Gasteiger partial charge is 0.332 e. The maximum absolute atomic E-state index is 12.2. The van der Waals surface area contributed by atoms with E-state index < -0.39 is 0 Å². The van der Waals surface area contributed by atoms with Crippen LogP contribution in [0.2, 0.25) is 5.02 Å². The van der Waals surface area contributed by atoms with Crippen LogP contribution in [-0.4, -0.2) is 16.0 Å². The summed E-state index contributed by atoms with van der Waals surface area (Å²) in [6.07, 6.45) is 0. The molecular weight excluding hydrogens is 422 g/mol. The Kier molecular flexibility index (Phi) is 5.58. The Morgan fingerprint density at radius 3 is 2.48 bits per heavy atom. The standard InChI is InChI=1S/C22H16ClN3OS2/c1-13-2-11-18-19(12-13)29-21(25-18)15-5-9-17(10-6-15)24-22(28)26-20(27)14-3-7-16(23)8-4-14/h2-12H,1H3,(H2,24,26,27,28). The summed E-state index contributed by atoms with van der Waals surface area (Å²) >= 11 is 12.8.